The van der Waals surface area contributed by atoms with Gasteiger partial charge in [0.05, 0.1) is 6.54 Å². The lowest BCUT2D eigenvalue weighted by Gasteiger charge is -2.34. The number of hydrogen-bond acceptors (Lipinski definition) is 3. The molecule has 0 radical (unpaired) electrons. The molecule has 1 aliphatic heterocycles. The second-order valence-electron chi connectivity index (χ2n) is 5.53. The minimum Gasteiger partial charge on any atom is -0.479 e. The van der Waals surface area contributed by atoms with Crippen molar-refractivity contribution in [3.05, 3.63) is 21.9 Å². The molecule has 2 N–H and O–H groups in total. The predicted octanol–water partition coefficient (Wildman–Crippen LogP) is 2.99. The number of amides is 2. The predicted molar refractivity (Wildman–Crippen MR) is 82.5 cm³/mol. The van der Waals surface area contributed by atoms with Crippen molar-refractivity contribution < 1.29 is 14.7 Å². The molecule has 21 heavy (non-hydrogen) atoms. The molecule has 116 valence electrons. The quantitative estimate of drug-likeness (QED) is 0.878. The van der Waals surface area contributed by atoms with Crippen molar-refractivity contribution in [3.63, 3.8) is 0 Å². The molecule has 0 bridgehead atoms. The van der Waals surface area contributed by atoms with Crippen LogP contribution in [0.5, 0.6) is 0 Å². The number of carbonyl (C=O) groups is 2. The molecule has 0 saturated carbocycles. The second kappa shape index (κ2) is 6.47. The van der Waals surface area contributed by atoms with Crippen molar-refractivity contribution >= 4 is 23.3 Å². The monoisotopic (exact) mass is 310 g/mol. The molecule has 1 saturated heterocycles. The fraction of sp³-hybridized carbons (Fsp3) is 0.600. The van der Waals surface area contributed by atoms with Crippen molar-refractivity contribution in [3.8, 4) is 0 Å². The second-order valence-corrected chi connectivity index (χ2v) is 6.53. The van der Waals surface area contributed by atoms with E-state index in [2.05, 4.69) is 5.32 Å². The van der Waals surface area contributed by atoms with Crippen LogP contribution in [-0.4, -0.2) is 34.1 Å². The standard InChI is InChI=1S/C15H22N2O3S/c1-3-6-15(13(18)19)7-4-8-17(15)14(20)16-10-12-11(2)5-9-21-12/h5,9H,3-4,6-8,10H2,1-2H3,(H,16,20)(H,18,19). The zero-order chi connectivity index (χ0) is 15.5. The molecule has 1 aromatic rings. The summed E-state index contributed by atoms with van der Waals surface area (Å²) in [7, 11) is 0. The minimum absolute atomic E-state index is 0.267. The number of thiophene rings is 1. The Labute approximate surface area is 129 Å². The Morgan fingerprint density at radius 2 is 2.29 bits per heavy atom. The summed E-state index contributed by atoms with van der Waals surface area (Å²) in [4.78, 5) is 26.7. The number of urea groups is 1. The number of hydrogen-bond donors (Lipinski definition) is 2. The number of nitrogens with one attached hydrogen (secondary N) is 1. The van der Waals surface area contributed by atoms with E-state index < -0.39 is 11.5 Å². The van der Waals surface area contributed by atoms with Gasteiger partial charge in [-0.05, 0) is 43.2 Å². The van der Waals surface area contributed by atoms with Crippen LogP contribution in [0.25, 0.3) is 0 Å². The highest BCUT2D eigenvalue weighted by Crippen LogP contribution is 2.34. The highest BCUT2D eigenvalue weighted by molar-refractivity contribution is 7.10. The van der Waals surface area contributed by atoms with Gasteiger partial charge in [-0.3, -0.25) is 0 Å². The fourth-order valence-electron chi connectivity index (χ4n) is 3.01. The maximum absolute atomic E-state index is 12.4. The summed E-state index contributed by atoms with van der Waals surface area (Å²) < 4.78 is 0. The van der Waals surface area contributed by atoms with Crippen LogP contribution in [0.2, 0.25) is 0 Å². The molecule has 1 aliphatic rings. The minimum atomic E-state index is -1.02. The summed E-state index contributed by atoms with van der Waals surface area (Å²) in [5.74, 6) is -0.885. The van der Waals surface area contributed by atoms with E-state index in [9.17, 15) is 14.7 Å². The van der Waals surface area contributed by atoms with E-state index in [1.54, 1.807) is 11.3 Å². The summed E-state index contributed by atoms with van der Waals surface area (Å²) in [6.45, 7) is 4.93. The first-order chi connectivity index (χ1) is 10.0. The van der Waals surface area contributed by atoms with Crippen molar-refractivity contribution in [2.24, 2.45) is 0 Å². The van der Waals surface area contributed by atoms with Crippen LogP contribution in [-0.2, 0) is 11.3 Å². The number of aliphatic carboxylic acids is 1. The van der Waals surface area contributed by atoms with Crippen molar-refractivity contribution in [2.45, 2.75) is 51.6 Å². The number of carboxylic acid groups (broad SMARTS) is 1. The van der Waals surface area contributed by atoms with Crippen LogP contribution in [0.4, 0.5) is 4.79 Å². The Morgan fingerprint density at radius 1 is 1.52 bits per heavy atom. The third-order valence-electron chi connectivity index (χ3n) is 4.16. The van der Waals surface area contributed by atoms with E-state index in [4.69, 9.17) is 0 Å². The number of carboxylic acids is 1. The maximum Gasteiger partial charge on any atom is 0.329 e. The Hall–Kier alpha value is -1.56. The van der Waals surface area contributed by atoms with E-state index in [0.29, 0.717) is 25.9 Å². The highest BCUT2D eigenvalue weighted by Gasteiger charge is 2.49. The average molecular weight is 310 g/mol. The van der Waals surface area contributed by atoms with Gasteiger partial charge in [-0.1, -0.05) is 13.3 Å². The number of nitrogens with zero attached hydrogens (tertiary/aromatic N) is 1. The molecule has 1 fully saturated rings. The smallest absolute Gasteiger partial charge is 0.329 e. The first-order valence-corrected chi connectivity index (χ1v) is 8.21. The Morgan fingerprint density at radius 3 is 2.86 bits per heavy atom. The lowest BCUT2D eigenvalue weighted by atomic mass is 9.91. The molecule has 1 aromatic heterocycles. The van der Waals surface area contributed by atoms with Gasteiger partial charge in [0.15, 0.2) is 0 Å². The number of carbonyl (C=O) groups excluding carboxylic acids is 1. The van der Waals surface area contributed by atoms with Gasteiger partial charge in [-0.2, -0.15) is 0 Å². The van der Waals surface area contributed by atoms with Crippen LogP contribution in [0, 0.1) is 6.92 Å². The number of likely N-dealkylation sites (tertiary alicyclic amines) is 1. The van der Waals surface area contributed by atoms with Gasteiger partial charge >= 0.3 is 12.0 Å². The summed E-state index contributed by atoms with van der Waals surface area (Å²) in [6, 6.07) is 1.75. The first kappa shape index (κ1) is 15.8. The van der Waals surface area contributed by atoms with Gasteiger partial charge in [-0.15, -0.1) is 11.3 Å². The van der Waals surface area contributed by atoms with Crippen LogP contribution < -0.4 is 5.32 Å². The molecule has 1 atom stereocenters. The molecule has 6 heteroatoms. The van der Waals surface area contributed by atoms with Crippen LogP contribution in [0.1, 0.15) is 43.0 Å². The zero-order valence-corrected chi connectivity index (χ0v) is 13.3. The third-order valence-corrected chi connectivity index (χ3v) is 5.19. The fourth-order valence-corrected chi connectivity index (χ4v) is 3.86. The number of aryl methyl sites for hydroxylation is 1. The van der Waals surface area contributed by atoms with Gasteiger partial charge in [0, 0.05) is 11.4 Å². The van der Waals surface area contributed by atoms with Gasteiger partial charge in [0.1, 0.15) is 5.54 Å². The molecule has 5 nitrogen and oxygen atoms in total. The van der Waals surface area contributed by atoms with Gasteiger partial charge < -0.3 is 15.3 Å². The molecule has 0 spiro atoms. The molecular formula is C15H22N2O3S. The molecular weight excluding hydrogens is 288 g/mol. The van der Waals surface area contributed by atoms with Gasteiger partial charge in [-0.25, -0.2) is 9.59 Å². The van der Waals surface area contributed by atoms with Crippen LogP contribution >= 0.6 is 11.3 Å². The topological polar surface area (TPSA) is 69.6 Å². The Balaban J connectivity index is 2.06. The van der Waals surface area contributed by atoms with E-state index in [1.807, 2.05) is 25.3 Å². The molecule has 0 aromatic carbocycles. The Bertz CT molecular complexity index is 529. The summed E-state index contributed by atoms with van der Waals surface area (Å²) >= 11 is 1.60. The van der Waals surface area contributed by atoms with Gasteiger partial charge in [0.25, 0.3) is 0 Å². The largest absolute Gasteiger partial charge is 0.479 e. The molecule has 2 heterocycles. The van der Waals surface area contributed by atoms with Gasteiger partial charge in [0.2, 0.25) is 0 Å². The molecule has 0 aliphatic carbocycles. The lowest BCUT2D eigenvalue weighted by molar-refractivity contribution is -0.148. The normalized spacial score (nSPS) is 21.5. The molecule has 2 rings (SSSR count). The Kier molecular flexibility index (Phi) is 4.88. The summed E-state index contributed by atoms with van der Waals surface area (Å²) in [6.07, 6.45) is 2.55. The molecule has 2 amide bonds. The lowest BCUT2D eigenvalue weighted by Crippen LogP contribution is -2.55. The van der Waals surface area contributed by atoms with E-state index in [-0.39, 0.29) is 6.03 Å². The molecule has 1 unspecified atom stereocenters. The van der Waals surface area contributed by atoms with Crippen molar-refractivity contribution in [1.29, 1.82) is 0 Å². The summed E-state index contributed by atoms with van der Waals surface area (Å²) in [5.41, 5.74) is 0.128. The SMILES string of the molecule is CCCC1(C(=O)O)CCCN1C(=O)NCc1sccc1C. The zero-order valence-electron chi connectivity index (χ0n) is 12.5. The highest BCUT2D eigenvalue weighted by atomic mass is 32.1. The van der Waals surface area contributed by atoms with Crippen LogP contribution in [0.15, 0.2) is 11.4 Å². The van der Waals surface area contributed by atoms with Crippen molar-refractivity contribution in [1.82, 2.24) is 10.2 Å². The van der Waals surface area contributed by atoms with E-state index >= 15 is 0 Å². The maximum atomic E-state index is 12.4. The van der Waals surface area contributed by atoms with E-state index in [0.717, 1.165) is 23.3 Å². The average Bonchev–Trinajstić information content (AvgIpc) is 3.04. The first-order valence-electron chi connectivity index (χ1n) is 7.33. The van der Waals surface area contributed by atoms with E-state index in [1.165, 1.54) is 4.90 Å². The third kappa shape index (κ3) is 3.05. The van der Waals surface area contributed by atoms with Crippen LogP contribution in [0.3, 0.4) is 0 Å². The summed E-state index contributed by atoms with van der Waals surface area (Å²) in [5, 5.41) is 14.5. The number of rotatable bonds is 5. The van der Waals surface area contributed by atoms with Crippen molar-refractivity contribution in [2.75, 3.05) is 6.54 Å².